The highest BCUT2D eigenvalue weighted by Gasteiger charge is 2.21. The summed E-state index contributed by atoms with van der Waals surface area (Å²) in [4.78, 5) is 16.1. The molecule has 0 saturated carbocycles. The van der Waals surface area contributed by atoms with E-state index in [1.54, 1.807) is 0 Å². The van der Waals surface area contributed by atoms with Crippen LogP contribution in [0.25, 0.3) is 0 Å². The van der Waals surface area contributed by atoms with E-state index in [-0.39, 0.29) is 12.6 Å². The van der Waals surface area contributed by atoms with E-state index in [0.717, 1.165) is 38.9 Å². The first-order chi connectivity index (χ1) is 9.08. The minimum absolute atomic E-state index is 0.0361. The van der Waals surface area contributed by atoms with Gasteiger partial charge in [0.05, 0.1) is 0 Å². The number of rotatable bonds is 6. The fourth-order valence-electron chi connectivity index (χ4n) is 2.30. The van der Waals surface area contributed by atoms with Crippen molar-refractivity contribution < 1.29 is 9.90 Å². The number of piperidine rings is 1. The normalized spacial score (nSPS) is 18.7. The molecule has 0 aromatic rings. The standard InChI is InChI=1S/C14H29N3O2/c1-4-12(2)16(3)10-7-15-14(19)17-8-5-13(11-18)6-9-17/h12-13,18H,4-11H2,1-3H3,(H,15,19). The Kier molecular flexibility index (Phi) is 7.16. The third kappa shape index (κ3) is 5.37. The van der Waals surface area contributed by atoms with Crippen LogP contribution in [0.3, 0.4) is 0 Å². The van der Waals surface area contributed by atoms with Crippen LogP contribution in [0.15, 0.2) is 0 Å². The van der Waals surface area contributed by atoms with Gasteiger partial charge in [-0.2, -0.15) is 0 Å². The van der Waals surface area contributed by atoms with Gasteiger partial charge in [0, 0.05) is 38.8 Å². The number of carbonyl (C=O) groups is 1. The average Bonchev–Trinajstić information content (AvgIpc) is 2.46. The second kappa shape index (κ2) is 8.38. The maximum absolute atomic E-state index is 11.9. The molecule has 1 atom stereocenters. The van der Waals surface area contributed by atoms with Gasteiger partial charge in [0.2, 0.25) is 0 Å². The highest BCUT2D eigenvalue weighted by molar-refractivity contribution is 5.74. The summed E-state index contributed by atoms with van der Waals surface area (Å²) in [5.74, 6) is 0.376. The summed E-state index contributed by atoms with van der Waals surface area (Å²) in [5, 5.41) is 12.0. The summed E-state index contributed by atoms with van der Waals surface area (Å²) < 4.78 is 0. The molecule has 5 nitrogen and oxygen atoms in total. The van der Waals surface area contributed by atoms with Crippen molar-refractivity contribution in [2.45, 2.75) is 39.2 Å². The molecule has 0 aromatic carbocycles. The van der Waals surface area contributed by atoms with Gasteiger partial charge in [-0.15, -0.1) is 0 Å². The second-order valence-corrected chi connectivity index (χ2v) is 5.58. The Hall–Kier alpha value is -0.810. The molecule has 1 saturated heterocycles. The first kappa shape index (κ1) is 16.2. The smallest absolute Gasteiger partial charge is 0.317 e. The largest absolute Gasteiger partial charge is 0.396 e. The first-order valence-corrected chi connectivity index (χ1v) is 7.42. The van der Waals surface area contributed by atoms with Gasteiger partial charge >= 0.3 is 6.03 Å². The third-order valence-corrected chi connectivity index (χ3v) is 4.24. The number of urea groups is 1. The molecule has 0 spiro atoms. The molecule has 1 aliphatic rings. The monoisotopic (exact) mass is 271 g/mol. The van der Waals surface area contributed by atoms with Crippen LogP contribution in [0.2, 0.25) is 0 Å². The van der Waals surface area contributed by atoms with Crippen molar-refractivity contribution in [3.63, 3.8) is 0 Å². The fourth-order valence-corrected chi connectivity index (χ4v) is 2.30. The van der Waals surface area contributed by atoms with E-state index in [1.807, 2.05) is 4.90 Å². The summed E-state index contributed by atoms with van der Waals surface area (Å²) >= 11 is 0. The maximum atomic E-state index is 11.9. The molecule has 2 amide bonds. The number of aliphatic hydroxyl groups excluding tert-OH is 1. The fraction of sp³-hybridized carbons (Fsp3) is 0.929. The Morgan fingerprint density at radius 2 is 2.11 bits per heavy atom. The van der Waals surface area contributed by atoms with Crippen LogP contribution in [0.4, 0.5) is 4.79 Å². The van der Waals surface area contributed by atoms with Crippen LogP contribution < -0.4 is 5.32 Å². The first-order valence-electron chi connectivity index (χ1n) is 7.42. The lowest BCUT2D eigenvalue weighted by atomic mass is 9.98. The van der Waals surface area contributed by atoms with Crippen molar-refractivity contribution in [1.29, 1.82) is 0 Å². The van der Waals surface area contributed by atoms with Crippen molar-refractivity contribution in [2.24, 2.45) is 5.92 Å². The lowest BCUT2D eigenvalue weighted by Crippen LogP contribution is -2.47. The van der Waals surface area contributed by atoms with Crippen LogP contribution in [-0.2, 0) is 0 Å². The van der Waals surface area contributed by atoms with E-state index in [0.29, 0.717) is 18.5 Å². The molecular weight excluding hydrogens is 242 g/mol. The van der Waals surface area contributed by atoms with Crippen molar-refractivity contribution in [3.8, 4) is 0 Å². The van der Waals surface area contributed by atoms with E-state index < -0.39 is 0 Å². The lowest BCUT2D eigenvalue weighted by Gasteiger charge is -2.31. The van der Waals surface area contributed by atoms with Crippen LogP contribution in [-0.4, -0.2) is 66.8 Å². The molecular formula is C14H29N3O2. The molecule has 19 heavy (non-hydrogen) atoms. The quantitative estimate of drug-likeness (QED) is 0.761. The van der Waals surface area contributed by atoms with Crippen molar-refractivity contribution in [2.75, 3.05) is 39.8 Å². The zero-order valence-electron chi connectivity index (χ0n) is 12.6. The number of aliphatic hydroxyl groups is 1. The number of amides is 2. The van der Waals surface area contributed by atoms with Gasteiger partial charge in [-0.05, 0) is 39.2 Å². The molecule has 0 bridgehead atoms. The maximum Gasteiger partial charge on any atom is 0.317 e. The van der Waals surface area contributed by atoms with E-state index in [9.17, 15) is 4.79 Å². The summed E-state index contributed by atoms with van der Waals surface area (Å²) in [6.45, 7) is 7.71. The zero-order valence-corrected chi connectivity index (χ0v) is 12.6. The zero-order chi connectivity index (χ0) is 14.3. The van der Waals surface area contributed by atoms with Gasteiger partial charge in [-0.25, -0.2) is 4.79 Å². The van der Waals surface area contributed by atoms with Gasteiger partial charge in [-0.3, -0.25) is 0 Å². The Bertz CT molecular complexity index is 265. The summed E-state index contributed by atoms with van der Waals surface area (Å²) in [5.41, 5.74) is 0. The number of nitrogens with one attached hydrogen (secondary N) is 1. The summed E-state index contributed by atoms with van der Waals surface area (Å²) in [6, 6.07) is 0.589. The molecule has 1 aliphatic heterocycles. The predicted octanol–water partition coefficient (Wildman–Crippen LogP) is 1.13. The van der Waals surface area contributed by atoms with E-state index >= 15 is 0 Å². The van der Waals surface area contributed by atoms with Crippen molar-refractivity contribution >= 4 is 6.03 Å². The average molecular weight is 271 g/mol. The van der Waals surface area contributed by atoms with Crippen LogP contribution in [0.1, 0.15) is 33.1 Å². The lowest BCUT2D eigenvalue weighted by molar-refractivity contribution is 0.136. The minimum atomic E-state index is 0.0361. The van der Waals surface area contributed by atoms with Gasteiger partial charge in [-0.1, -0.05) is 6.92 Å². The molecule has 1 rings (SSSR count). The van der Waals surface area contributed by atoms with Gasteiger partial charge in [0.15, 0.2) is 0 Å². The Balaban J connectivity index is 2.18. The summed E-state index contributed by atoms with van der Waals surface area (Å²) in [7, 11) is 2.09. The van der Waals surface area contributed by atoms with Crippen LogP contribution in [0, 0.1) is 5.92 Å². The van der Waals surface area contributed by atoms with Crippen LogP contribution >= 0.6 is 0 Å². The predicted molar refractivity (Wildman–Crippen MR) is 77.2 cm³/mol. The minimum Gasteiger partial charge on any atom is -0.396 e. The second-order valence-electron chi connectivity index (χ2n) is 5.58. The third-order valence-electron chi connectivity index (χ3n) is 4.24. The number of likely N-dealkylation sites (N-methyl/N-ethyl adjacent to an activating group) is 1. The highest BCUT2D eigenvalue weighted by atomic mass is 16.3. The van der Waals surface area contributed by atoms with Gasteiger partial charge in [0.25, 0.3) is 0 Å². The van der Waals surface area contributed by atoms with Crippen molar-refractivity contribution in [1.82, 2.24) is 15.1 Å². The number of hydrogen-bond donors (Lipinski definition) is 2. The van der Waals surface area contributed by atoms with Crippen molar-refractivity contribution in [3.05, 3.63) is 0 Å². The summed E-state index contributed by atoms with van der Waals surface area (Å²) in [6.07, 6.45) is 2.95. The number of carbonyl (C=O) groups excluding carboxylic acids is 1. The van der Waals surface area contributed by atoms with Crippen LogP contribution in [0.5, 0.6) is 0 Å². The van der Waals surface area contributed by atoms with E-state index in [4.69, 9.17) is 5.11 Å². The molecule has 1 fully saturated rings. The highest BCUT2D eigenvalue weighted by Crippen LogP contribution is 2.16. The molecule has 1 heterocycles. The van der Waals surface area contributed by atoms with E-state index in [2.05, 4.69) is 31.1 Å². The van der Waals surface area contributed by atoms with E-state index in [1.165, 1.54) is 0 Å². The number of nitrogens with zero attached hydrogens (tertiary/aromatic N) is 2. The molecule has 112 valence electrons. The molecule has 2 N–H and O–H groups in total. The van der Waals surface area contributed by atoms with Gasteiger partial charge in [0.1, 0.15) is 0 Å². The SMILES string of the molecule is CCC(C)N(C)CCNC(=O)N1CCC(CO)CC1. The molecule has 5 heteroatoms. The Labute approximate surface area is 117 Å². The molecule has 0 radical (unpaired) electrons. The molecule has 1 unspecified atom stereocenters. The Morgan fingerprint density at radius 3 is 2.63 bits per heavy atom. The molecule has 0 aliphatic carbocycles. The number of hydrogen-bond acceptors (Lipinski definition) is 3. The van der Waals surface area contributed by atoms with Gasteiger partial charge < -0.3 is 20.2 Å². The number of likely N-dealkylation sites (tertiary alicyclic amines) is 1. The molecule has 0 aromatic heterocycles. The Morgan fingerprint density at radius 1 is 1.47 bits per heavy atom. The topological polar surface area (TPSA) is 55.8 Å².